The van der Waals surface area contributed by atoms with Crippen molar-refractivity contribution < 1.29 is 4.79 Å². The molecule has 0 aliphatic carbocycles. The molecule has 0 saturated carbocycles. The summed E-state index contributed by atoms with van der Waals surface area (Å²) in [6, 6.07) is 6.13. The van der Waals surface area contributed by atoms with E-state index in [0.29, 0.717) is 6.42 Å². The second-order valence-electron chi connectivity index (χ2n) is 5.74. The molecule has 0 fully saturated rings. The van der Waals surface area contributed by atoms with E-state index in [-0.39, 0.29) is 5.91 Å². The predicted octanol–water partition coefficient (Wildman–Crippen LogP) is 5.38. The zero-order chi connectivity index (χ0) is 14.8. The zero-order valence-corrected chi connectivity index (χ0v) is 13.3. The topological polar surface area (TPSA) is 29.1 Å². The quantitative estimate of drug-likeness (QED) is 0.602. The van der Waals surface area contributed by atoms with Gasteiger partial charge in [0.05, 0.1) is 0 Å². The van der Waals surface area contributed by atoms with Crippen LogP contribution in [0.1, 0.15) is 69.4 Å². The summed E-state index contributed by atoms with van der Waals surface area (Å²) in [5.74, 6) is 0.144. The third-order valence-electron chi connectivity index (χ3n) is 3.66. The Bertz CT molecular complexity index is 412. The maximum Gasteiger partial charge on any atom is 0.224 e. The number of anilines is 1. The van der Waals surface area contributed by atoms with Gasteiger partial charge >= 0.3 is 0 Å². The first-order chi connectivity index (χ1) is 9.63. The summed E-state index contributed by atoms with van der Waals surface area (Å²) in [4.78, 5) is 11.9. The molecule has 2 heteroatoms. The van der Waals surface area contributed by atoms with E-state index in [0.717, 1.165) is 17.7 Å². The molecule has 0 atom stereocenters. The second kappa shape index (κ2) is 9.57. The van der Waals surface area contributed by atoms with Gasteiger partial charge in [0.2, 0.25) is 5.91 Å². The molecule has 0 saturated heterocycles. The number of carbonyl (C=O) groups is 1. The van der Waals surface area contributed by atoms with Crippen LogP contribution in [0.2, 0.25) is 0 Å². The molecule has 112 valence electrons. The fourth-order valence-corrected chi connectivity index (χ4v) is 2.41. The fraction of sp³-hybridized carbons (Fsp3) is 0.611. The Balaban J connectivity index is 2.17. The number of aryl methyl sites for hydroxylation is 2. The summed E-state index contributed by atoms with van der Waals surface area (Å²) in [5.41, 5.74) is 3.31. The van der Waals surface area contributed by atoms with Gasteiger partial charge in [0, 0.05) is 12.1 Å². The van der Waals surface area contributed by atoms with Gasteiger partial charge in [-0.15, -0.1) is 0 Å². The third kappa shape index (κ3) is 6.74. The van der Waals surface area contributed by atoms with Gasteiger partial charge in [-0.1, -0.05) is 63.1 Å². The Morgan fingerprint density at radius 3 is 2.30 bits per heavy atom. The Morgan fingerprint density at radius 2 is 1.65 bits per heavy atom. The van der Waals surface area contributed by atoms with Crippen molar-refractivity contribution in [3.63, 3.8) is 0 Å². The van der Waals surface area contributed by atoms with E-state index in [4.69, 9.17) is 0 Å². The highest BCUT2D eigenvalue weighted by Gasteiger charge is 2.04. The molecule has 1 N–H and O–H groups in total. The molecule has 0 spiro atoms. The molecular formula is C18H29NO. The molecule has 0 aliphatic rings. The lowest BCUT2D eigenvalue weighted by Crippen LogP contribution is -2.12. The van der Waals surface area contributed by atoms with E-state index in [9.17, 15) is 4.79 Å². The molecule has 1 rings (SSSR count). The van der Waals surface area contributed by atoms with Crippen LogP contribution in [0.5, 0.6) is 0 Å². The van der Waals surface area contributed by atoms with Gasteiger partial charge in [0.15, 0.2) is 0 Å². The minimum Gasteiger partial charge on any atom is -0.326 e. The lowest BCUT2D eigenvalue weighted by atomic mass is 10.1. The van der Waals surface area contributed by atoms with Crippen molar-refractivity contribution in [1.82, 2.24) is 0 Å². The van der Waals surface area contributed by atoms with E-state index < -0.39 is 0 Å². The second-order valence-corrected chi connectivity index (χ2v) is 5.74. The molecule has 0 bridgehead atoms. The van der Waals surface area contributed by atoms with Crippen LogP contribution in [-0.2, 0) is 4.79 Å². The average molecular weight is 275 g/mol. The van der Waals surface area contributed by atoms with Gasteiger partial charge in [-0.05, 0) is 31.9 Å². The Morgan fingerprint density at radius 1 is 1.00 bits per heavy atom. The van der Waals surface area contributed by atoms with Gasteiger partial charge in [-0.3, -0.25) is 4.79 Å². The number of nitrogens with one attached hydrogen (secondary N) is 1. The van der Waals surface area contributed by atoms with Crippen LogP contribution in [0.25, 0.3) is 0 Å². The van der Waals surface area contributed by atoms with Crippen LogP contribution in [0.3, 0.4) is 0 Å². The van der Waals surface area contributed by atoms with Crippen molar-refractivity contribution in [2.45, 2.75) is 72.1 Å². The highest BCUT2D eigenvalue weighted by atomic mass is 16.1. The van der Waals surface area contributed by atoms with E-state index in [1.807, 2.05) is 19.1 Å². The maximum absolute atomic E-state index is 11.9. The minimum atomic E-state index is 0.144. The molecule has 0 radical (unpaired) electrons. The Kier molecular flexibility index (Phi) is 8.01. The fourth-order valence-electron chi connectivity index (χ4n) is 2.41. The highest BCUT2D eigenvalue weighted by molar-refractivity contribution is 5.91. The summed E-state index contributed by atoms with van der Waals surface area (Å²) in [6.07, 6.45) is 9.36. The van der Waals surface area contributed by atoms with Crippen molar-refractivity contribution in [3.05, 3.63) is 29.3 Å². The number of hydrogen-bond donors (Lipinski definition) is 1. The van der Waals surface area contributed by atoms with Crippen LogP contribution < -0.4 is 5.32 Å². The Labute approximate surface area is 124 Å². The first-order valence-corrected chi connectivity index (χ1v) is 8.00. The number of hydrogen-bond acceptors (Lipinski definition) is 1. The normalized spacial score (nSPS) is 10.6. The van der Waals surface area contributed by atoms with Gasteiger partial charge < -0.3 is 5.32 Å². The number of unbranched alkanes of at least 4 members (excludes halogenated alkanes) is 6. The van der Waals surface area contributed by atoms with Crippen LogP contribution in [-0.4, -0.2) is 5.91 Å². The largest absolute Gasteiger partial charge is 0.326 e. The molecule has 1 amide bonds. The summed E-state index contributed by atoms with van der Waals surface area (Å²) in [7, 11) is 0. The third-order valence-corrected chi connectivity index (χ3v) is 3.66. The summed E-state index contributed by atoms with van der Waals surface area (Å²) < 4.78 is 0. The van der Waals surface area contributed by atoms with Crippen LogP contribution in [0.15, 0.2) is 18.2 Å². The van der Waals surface area contributed by atoms with Crippen molar-refractivity contribution in [2.24, 2.45) is 0 Å². The first-order valence-electron chi connectivity index (χ1n) is 8.00. The first kappa shape index (κ1) is 16.7. The van der Waals surface area contributed by atoms with Crippen molar-refractivity contribution in [1.29, 1.82) is 0 Å². The predicted molar refractivity (Wildman–Crippen MR) is 87.2 cm³/mol. The number of rotatable bonds is 9. The standard InChI is InChI=1S/C18H29NO/c1-4-5-6-7-8-9-10-11-18(20)19-17-13-12-15(2)14-16(17)3/h12-14H,4-11H2,1-3H3,(H,19,20). The summed E-state index contributed by atoms with van der Waals surface area (Å²) >= 11 is 0. The average Bonchev–Trinajstić information content (AvgIpc) is 2.41. The monoisotopic (exact) mass is 275 g/mol. The van der Waals surface area contributed by atoms with Crippen LogP contribution in [0, 0.1) is 13.8 Å². The van der Waals surface area contributed by atoms with Gasteiger partial charge in [0.25, 0.3) is 0 Å². The number of benzene rings is 1. The summed E-state index contributed by atoms with van der Waals surface area (Å²) in [6.45, 7) is 6.34. The molecule has 20 heavy (non-hydrogen) atoms. The molecule has 1 aromatic rings. The molecule has 0 aromatic heterocycles. The number of carbonyl (C=O) groups excluding carboxylic acids is 1. The van der Waals surface area contributed by atoms with E-state index in [1.54, 1.807) is 0 Å². The zero-order valence-electron chi connectivity index (χ0n) is 13.3. The lowest BCUT2D eigenvalue weighted by Gasteiger charge is -2.09. The molecule has 0 unspecified atom stereocenters. The Hall–Kier alpha value is -1.31. The minimum absolute atomic E-state index is 0.144. The smallest absolute Gasteiger partial charge is 0.224 e. The van der Waals surface area contributed by atoms with Gasteiger partial charge in [0.1, 0.15) is 0 Å². The van der Waals surface area contributed by atoms with E-state index >= 15 is 0 Å². The molecule has 1 aromatic carbocycles. The number of amides is 1. The van der Waals surface area contributed by atoms with Crippen LogP contribution in [0.4, 0.5) is 5.69 Å². The SMILES string of the molecule is CCCCCCCCCC(=O)Nc1ccc(C)cc1C. The maximum atomic E-state index is 11.9. The molecule has 0 heterocycles. The van der Waals surface area contributed by atoms with Crippen molar-refractivity contribution in [3.8, 4) is 0 Å². The van der Waals surface area contributed by atoms with Gasteiger partial charge in [-0.25, -0.2) is 0 Å². The van der Waals surface area contributed by atoms with E-state index in [1.165, 1.54) is 44.1 Å². The highest BCUT2D eigenvalue weighted by Crippen LogP contribution is 2.16. The molecule has 0 aliphatic heterocycles. The molecular weight excluding hydrogens is 246 g/mol. The van der Waals surface area contributed by atoms with Crippen molar-refractivity contribution in [2.75, 3.05) is 5.32 Å². The lowest BCUT2D eigenvalue weighted by molar-refractivity contribution is -0.116. The van der Waals surface area contributed by atoms with Crippen molar-refractivity contribution >= 4 is 11.6 Å². The molecule has 2 nitrogen and oxygen atoms in total. The summed E-state index contributed by atoms with van der Waals surface area (Å²) in [5, 5.41) is 3.01. The van der Waals surface area contributed by atoms with E-state index in [2.05, 4.69) is 25.2 Å². The van der Waals surface area contributed by atoms with Crippen LogP contribution >= 0.6 is 0 Å². The van der Waals surface area contributed by atoms with Gasteiger partial charge in [-0.2, -0.15) is 0 Å².